The molecule has 0 bridgehead atoms. The van der Waals surface area contributed by atoms with E-state index in [9.17, 15) is 4.79 Å². The van der Waals surface area contributed by atoms with Crippen LogP contribution < -0.4 is 10.1 Å². The summed E-state index contributed by atoms with van der Waals surface area (Å²) in [6.07, 6.45) is 3.49. The SMILES string of the molecule is CC(C)(C)c1ccc(OCC(=O)N2CCC3(CCNC3)CC2)cc1. The minimum Gasteiger partial charge on any atom is -0.484 e. The lowest BCUT2D eigenvalue weighted by molar-refractivity contribution is -0.135. The van der Waals surface area contributed by atoms with Crippen molar-refractivity contribution >= 4 is 5.91 Å². The van der Waals surface area contributed by atoms with Crippen molar-refractivity contribution in [2.24, 2.45) is 5.41 Å². The van der Waals surface area contributed by atoms with Crippen LogP contribution in [0.5, 0.6) is 5.75 Å². The molecule has 3 rings (SSSR count). The van der Waals surface area contributed by atoms with Gasteiger partial charge in [-0.05, 0) is 54.3 Å². The van der Waals surface area contributed by atoms with Crippen LogP contribution >= 0.6 is 0 Å². The van der Waals surface area contributed by atoms with Gasteiger partial charge in [-0.25, -0.2) is 0 Å². The molecule has 2 heterocycles. The Balaban J connectivity index is 1.47. The molecule has 1 N–H and O–H groups in total. The monoisotopic (exact) mass is 330 g/mol. The second-order valence-electron chi connectivity index (χ2n) is 8.37. The standard InChI is InChI=1S/C20H30N2O2/c1-19(2,3)16-4-6-17(7-5-16)24-14-18(23)22-12-9-20(10-13-22)8-11-21-15-20/h4-7,21H,8-15H2,1-3H3. The second kappa shape index (κ2) is 6.75. The molecule has 2 saturated heterocycles. The number of carbonyl (C=O) groups excluding carboxylic acids is 1. The zero-order valence-electron chi connectivity index (χ0n) is 15.2. The van der Waals surface area contributed by atoms with Gasteiger partial charge in [-0.3, -0.25) is 4.79 Å². The van der Waals surface area contributed by atoms with E-state index in [1.807, 2.05) is 17.0 Å². The van der Waals surface area contributed by atoms with Crippen molar-refractivity contribution in [3.63, 3.8) is 0 Å². The van der Waals surface area contributed by atoms with Gasteiger partial charge in [-0.15, -0.1) is 0 Å². The number of ether oxygens (including phenoxy) is 1. The molecule has 1 aromatic rings. The van der Waals surface area contributed by atoms with Gasteiger partial charge in [0, 0.05) is 19.6 Å². The first-order chi connectivity index (χ1) is 11.4. The number of amides is 1. The maximum atomic E-state index is 12.4. The van der Waals surface area contributed by atoms with Crippen molar-refractivity contribution in [2.45, 2.75) is 45.4 Å². The van der Waals surface area contributed by atoms with Crippen LogP contribution in [0.25, 0.3) is 0 Å². The fourth-order valence-corrected chi connectivity index (χ4v) is 3.74. The predicted molar refractivity (Wildman–Crippen MR) is 96.4 cm³/mol. The molecule has 0 unspecified atom stereocenters. The average molecular weight is 330 g/mol. The molecule has 1 aromatic carbocycles. The van der Waals surface area contributed by atoms with Gasteiger partial charge in [-0.1, -0.05) is 32.9 Å². The van der Waals surface area contributed by atoms with Gasteiger partial charge in [-0.2, -0.15) is 0 Å². The summed E-state index contributed by atoms with van der Waals surface area (Å²) in [5, 5.41) is 3.46. The summed E-state index contributed by atoms with van der Waals surface area (Å²) in [5.41, 5.74) is 1.85. The van der Waals surface area contributed by atoms with E-state index >= 15 is 0 Å². The van der Waals surface area contributed by atoms with Gasteiger partial charge < -0.3 is 15.0 Å². The number of nitrogens with one attached hydrogen (secondary N) is 1. The molecule has 132 valence electrons. The number of likely N-dealkylation sites (tertiary alicyclic amines) is 1. The highest BCUT2D eigenvalue weighted by molar-refractivity contribution is 5.77. The lowest BCUT2D eigenvalue weighted by Crippen LogP contribution is -2.45. The minimum atomic E-state index is 0.107. The summed E-state index contributed by atoms with van der Waals surface area (Å²) < 4.78 is 5.70. The third-order valence-corrected chi connectivity index (χ3v) is 5.59. The first-order valence-electron chi connectivity index (χ1n) is 9.10. The Labute approximate surface area is 145 Å². The summed E-state index contributed by atoms with van der Waals surface area (Å²) in [5.74, 6) is 0.875. The van der Waals surface area contributed by atoms with Gasteiger partial charge in [0.1, 0.15) is 5.75 Å². The van der Waals surface area contributed by atoms with Crippen molar-refractivity contribution in [2.75, 3.05) is 32.8 Å². The van der Waals surface area contributed by atoms with Crippen LogP contribution in [0.4, 0.5) is 0 Å². The van der Waals surface area contributed by atoms with Gasteiger partial charge in [0.2, 0.25) is 0 Å². The highest BCUT2D eigenvalue weighted by Gasteiger charge is 2.38. The normalized spacial score (nSPS) is 20.4. The van der Waals surface area contributed by atoms with Crippen LogP contribution in [0.3, 0.4) is 0 Å². The zero-order valence-corrected chi connectivity index (χ0v) is 15.2. The van der Waals surface area contributed by atoms with E-state index < -0.39 is 0 Å². The number of benzene rings is 1. The Morgan fingerprint density at radius 2 is 1.83 bits per heavy atom. The lowest BCUT2D eigenvalue weighted by Gasteiger charge is -2.38. The fraction of sp³-hybridized carbons (Fsp3) is 0.650. The molecule has 2 fully saturated rings. The molecule has 0 atom stereocenters. The van der Waals surface area contributed by atoms with E-state index in [0.717, 1.165) is 44.8 Å². The molecule has 4 heteroatoms. The quantitative estimate of drug-likeness (QED) is 0.926. The van der Waals surface area contributed by atoms with Gasteiger partial charge in [0.15, 0.2) is 6.61 Å². The van der Waals surface area contributed by atoms with Crippen LogP contribution in [0, 0.1) is 5.41 Å². The number of rotatable bonds is 3. The molecular weight excluding hydrogens is 300 g/mol. The molecule has 2 aliphatic rings. The predicted octanol–water partition coefficient (Wildman–Crippen LogP) is 2.97. The number of piperidine rings is 1. The van der Waals surface area contributed by atoms with E-state index in [2.05, 4.69) is 38.2 Å². The molecule has 4 nitrogen and oxygen atoms in total. The number of carbonyl (C=O) groups is 1. The lowest BCUT2D eigenvalue weighted by atomic mass is 9.78. The van der Waals surface area contributed by atoms with E-state index in [1.165, 1.54) is 12.0 Å². The van der Waals surface area contributed by atoms with Crippen LogP contribution in [-0.4, -0.2) is 43.6 Å². The molecule has 1 amide bonds. The highest BCUT2D eigenvalue weighted by atomic mass is 16.5. The molecule has 0 saturated carbocycles. The maximum Gasteiger partial charge on any atom is 0.260 e. The van der Waals surface area contributed by atoms with Gasteiger partial charge in [0.05, 0.1) is 0 Å². The maximum absolute atomic E-state index is 12.4. The van der Waals surface area contributed by atoms with Gasteiger partial charge in [0.25, 0.3) is 5.91 Å². The zero-order chi connectivity index (χ0) is 17.2. The molecule has 0 aliphatic carbocycles. The first kappa shape index (κ1) is 17.3. The summed E-state index contributed by atoms with van der Waals surface area (Å²) in [6.45, 7) is 10.7. The van der Waals surface area contributed by atoms with Crippen molar-refractivity contribution in [3.8, 4) is 5.75 Å². The Morgan fingerprint density at radius 1 is 1.17 bits per heavy atom. The molecular formula is C20H30N2O2. The molecule has 0 aromatic heterocycles. The van der Waals surface area contributed by atoms with Crippen LogP contribution in [-0.2, 0) is 10.2 Å². The largest absolute Gasteiger partial charge is 0.484 e. The Hall–Kier alpha value is -1.55. The van der Waals surface area contributed by atoms with E-state index in [4.69, 9.17) is 4.74 Å². The molecule has 2 aliphatic heterocycles. The van der Waals surface area contributed by atoms with Crippen LogP contribution in [0.15, 0.2) is 24.3 Å². The molecule has 0 radical (unpaired) electrons. The van der Waals surface area contributed by atoms with Crippen molar-refractivity contribution < 1.29 is 9.53 Å². The molecule has 1 spiro atoms. The fourth-order valence-electron chi connectivity index (χ4n) is 3.74. The van der Waals surface area contributed by atoms with Crippen molar-refractivity contribution in [3.05, 3.63) is 29.8 Å². The van der Waals surface area contributed by atoms with E-state index in [-0.39, 0.29) is 17.9 Å². The summed E-state index contributed by atoms with van der Waals surface area (Å²) in [4.78, 5) is 14.4. The van der Waals surface area contributed by atoms with Crippen LogP contribution in [0.1, 0.15) is 45.6 Å². The van der Waals surface area contributed by atoms with E-state index in [1.54, 1.807) is 0 Å². The smallest absolute Gasteiger partial charge is 0.260 e. The Kier molecular flexibility index (Phi) is 4.86. The second-order valence-corrected chi connectivity index (χ2v) is 8.37. The number of nitrogens with zero attached hydrogens (tertiary/aromatic N) is 1. The van der Waals surface area contributed by atoms with E-state index in [0.29, 0.717) is 5.41 Å². The number of hydrogen-bond acceptors (Lipinski definition) is 3. The Morgan fingerprint density at radius 3 is 2.38 bits per heavy atom. The summed E-state index contributed by atoms with van der Waals surface area (Å²) in [6, 6.07) is 8.08. The Bertz CT molecular complexity index is 558. The number of hydrogen-bond donors (Lipinski definition) is 1. The van der Waals surface area contributed by atoms with Gasteiger partial charge >= 0.3 is 0 Å². The minimum absolute atomic E-state index is 0.107. The van der Waals surface area contributed by atoms with Crippen molar-refractivity contribution in [1.82, 2.24) is 10.2 Å². The third-order valence-electron chi connectivity index (χ3n) is 5.59. The van der Waals surface area contributed by atoms with Crippen molar-refractivity contribution in [1.29, 1.82) is 0 Å². The summed E-state index contributed by atoms with van der Waals surface area (Å²) in [7, 11) is 0. The van der Waals surface area contributed by atoms with Crippen LogP contribution in [0.2, 0.25) is 0 Å². The topological polar surface area (TPSA) is 41.6 Å². The first-order valence-corrected chi connectivity index (χ1v) is 9.10. The third kappa shape index (κ3) is 3.92. The molecule has 24 heavy (non-hydrogen) atoms. The average Bonchev–Trinajstić information content (AvgIpc) is 3.01. The highest BCUT2D eigenvalue weighted by Crippen LogP contribution is 2.36. The summed E-state index contributed by atoms with van der Waals surface area (Å²) >= 11 is 0.